The van der Waals surface area contributed by atoms with Crippen LogP contribution in [0.2, 0.25) is 0 Å². The number of hydrogen-bond donors (Lipinski definition) is 1. The van der Waals surface area contributed by atoms with E-state index in [9.17, 15) is 8.42 Å². The van der Waals surface area contributed by atoms with Gasteiger partial charge in [-0.1, -0.05) is 6.42 Å². The normalized spacial score (nSPS) is 25.3. The molecule has 2 rings (SSSR count). The van der Waals surface area contributed by atoms with Crippen molar-refractivity contribution in [2.75, 3.05) is 52.4 Å². The lowest BCUT2D eigenvalue weighted by atomic mass is 10.2. The SMILES string of the molecule is O=S(=O)(N1CCCCC1)N1CCCN(CCO)CC1. The second-order valence-electron chi connectivity index (χ2n) is 5.29. The van der Waals surface area contributed by atoms with Crippen LogP contribution in [0.25, 0.3) is 0 Å². The largest absolute Gasteiger partial charge is 0.395 e. The Kier molecular flexibility index (Phi) is 5.58. The summed E-state index contributed by atoms with van der Waals surface area (Å²) in [7, 11) is -3.27. The molecule has 0 aromatic heterocycles. The van der Waals surface area contributed by atoms with Crippen LogP contribution in [0.1, 0.15) is 25.7 Å². The first kappa shape index (κ1) is 15.2. The Balaban J connectivity index is 1.96. The molecule has 0 aliphatic carbocycles. The molecule has 0 amide bonds. The Morgan fingerprint density at radius 2 is 1.42 bits per heavy atom. The molecule has 0 radical (unpaired) electrons. The monoisotopic (exact) mass is 291 g/mol. The number of hydrogen-bond acceptors (Lipinski definition) is 4. The molecule has 2 saturated heterocycles. The van der Waals surface area contributed by atoms with E-state index in [1.165, 1.54) is 0 Å². The third-order valence-corrected chi connectivity index (χ3v) is 5.97. The highest BCUT2D eigenvalue weighted by molar-refractivity contribution is 7.86. The Morgan fingerprint density at radius 3 is 2.11 bits per heavy atom. The van der Waals surface area contributed by atoms with Crippen molar-refractivity contribution in [2.45, 2.75) is 25.7 Å². The van der Waals surface area contributed by atoms with Crippen LogP contribution >= 0.6 is 0 Å². The van der Waals surface area contributed by atoms with Crippen molar-refractivity contribution < 1.29 is 13.5 Å². The molecule has 1 N–H and O–H groups in total. The van der Waals surface area contributed by atoms with Gasteiger partial charge >= 0.3 is 0 Å². The lowest BCUT2D eigenvalue weighted by Gasteiger charge is -2.31. The molecule has 0 bridgehead atoms. The van der Waals surface area contributed by atoms with Crippen molar-refractivity contribution in [2.24, 2.45) is 0 Å². The maximum Gasteiger partial charge on any atom is 0.282 e. The fraction of sp³-hybridized carbons (Fsp3) is 1.00. The summed E-state index contributed by atoms with van der Waals surface area (Å²) in [4.78, 5) is 2.13. The van der Waals surface area contributed by atoms with E-state index in [0.29, 0.717) is 39.3 Å². The maximum absolute atomic E-state index is 12.5. The molecule has 0 atom stereocenters. The number of rotatable bonds is 4. The van der Waals surface area contributed by atoms with Gasteiger partial charge in [0, 0.05) is 39.3 Å². The standard InChI is InChI=1S/C12H25N3O3S/c16-12-11-13-5-4-8-15(10-9-13)19(17,18)14-6-2-1-3-7-14/h16H,1-12H2. The Labute approximate surface area is 116 Å². The van der Waals surface area contributed by atoms with Gasteiger partial charge in [-0.05, 0) is 25.8 Å². The summed E-state index contributed by atoms with van der Waals surface area (Å²) < 4.78 is 28.3. The predicted octanol–water partition coefficient (Wildman–Crippen LogP) is -0.283. The molecular formula is C12H25N3O3S. The second-order valence-corrected chi connectivity index (χ2v) is 7.21. The molecule has 6 nitrogen and oxygen atoms in total. The van der Waals surface area contributed by atoms with Crippen molar-refractivity contribution in [3.63, 3.8) is 0 Å². The smallest absolute Gasteiger partial charge is 0.282 e. The molecule has 0 aromatic carbocycles. The van der Waals surface area contributed by atoms with Gasteiger partial charge in [-0.3, -0.25) is 4.90 Å². The number of nitrogens with zero attached hydrogens (tertiary/aromatic N) is 3. The molecule has 0 aromatic rings. The minimum atomic E-state index is -3.27. The van der Waals surface area contributed by atoms with Crippen LogP contribution in [0.3, 0.4) is 0 Å². The first-order valence-electron chi connectivity index (χ1n) is 7.23. The van der Waals surface area contributed by atoms with E-state index in [2.05, 4.69) is 4.90 Å². The highest BCUT2D eigenvalue weighted by atomic mass is 32.2. The first-order chi connectivity index (χ1) is 9.14. The summed E-state index contributed by atoms with van der Waals surface area (Å²) in [5, 5.41) is 8.96. The van der Waals surface area contributed by atoms with Gasteiger partial charge in [0.05, 0.1) is 6.61 Å². The maximum atomic E-state index is 12.5. The summed E-state index contributed by atoms with van der Waals surface area (Å²) >= 11 is 0. The summed E-state index contributed by atoms with van der Waals surface area (Å²) in [6.45, 7) is 4.83. The lowest BCUT2D eigenvalue weighted by molar-refractivity contribution is 0.201. The average molecular weight is 291 g/mol. The van der Waals surface area contributed by atoms with Crippen LogP contribution in [0.5, 0.6) is 0 Å². The first-order valence-corrected chi connectivity index (χ1v) is 8.63. The highest BCUT2D eigenvalue weighted by Gasteiger charge is 2.31. The molecule has 2 heterocycles. The van der Waals surface area contributed by atoms with Crippen LogP contribution in [-0.2, 0) is 10.2 Å². The highest BCUT2D eigenvalue weighted by Crippen LogP contribution is 2.17. The van der Waals surface area contributed by atoms with Crippen molar-refractivity contribution in [1.29, 1.82) is 0 Å². The zero-order valence-corrected chi connectivity index (χ0v) is 12.3. The van der Waals surface area contributed by atoms with E-state index >= 15 is 0 Å². The Morgan fingerprint density at radius 1 is 0.789 bits per heavy atom. The lowest BCUT2D eigenvalue weighted by Crippen LogP contribution is -2.47. The summed E-state index contributed by atoms with van der Waals surface area (Å²) in [5.41, 5.74) is 0. The van der Waals surface area contributed by atoms with Crippen LogP contribution < -0.4 is 0 Å². The van der Waals surface area contributed by atoms with Crippen LogP contribution in [0.15, 0.2) is 0 Å². The van der Waals surface area contributed by atoms with Gasteiger partial charge in [0.2, 0.25) is 0 Å². The zero-order valence-electron chi connectivity index (χ0n) is 11.5. The van der Waals surface area contributed by atoms with E-state index in [0.717, 1.165) is 32.2 Å². The molecule has 2 aliphatic heterocycles. The van der Waals surface area contributed by atoms with Crippen molar-refractivity contribution in [1.82, 2.24) is 13.5 Å². The van der Waals surface area contributed by atoms with Crippen LogP contribution in [-0.4, -0.2) is 79.5 Å². The molecular weight excluding hydrogens is 266 g/mol. The van der Waals surface area contributed by atoms with Gasteiger partial charge in [0.15, 0.2) is 0 Å². The van der Waals surface area contributed by atoms with E-state index in [1.54, 1.807) is 8.61 Å². The number of piperidine rings is 1. The van der Waals surface area contributed by atoms with Gasteiger partial charge in [-0.25, -0.2) is 0 Å². The number of aliphatic hydroxyl groups excluding tert-OH is 1. The van der Waals surface area contributed by atoms with Crippen LogP contribution in [0, 0.1) is 0 Å². The third-order valence-electron chi connectivity index (χ3n) is 3.93. The number of aliphatic hydroxyl groups is 1. The minimum absolute atomic E-state index is 0.138. The number of β-amino-alcohol motifs (C(OH)–C–C–N with tert-alkyl or cyclic N) is 1. The Hall–Kier alpha value is -0.210. The molecule has 2 fully saturated rings. The van der Waals surface area contributed by atoms with E-state index in [1.807, 2.05) is 0 Å². The van der Waals surface area contributed by atoms with Crippen molar-refractivity contribution >= 4 is 10.2 Å². The van der Waals surface area contributed by atoms with Gasteiger partial charge < -0.3 is 5.11 Å². The van der Waals surface area contributed by atoms with Gasteiger partial charge in [-0.2, -0.15) is 17.0 Å². The quantitative estimate of drug-likeness (QED) is 0.773. The second kappa shape index (κ2) is 6.99. The van der Waals surface area contributed by atoms with Crippen molar-refractivity contribution in [3.8, 4) is 0 Å². The topological polar surface area (TPSA) is 64.1 Å². The van der Waals surface area contributed by atoms with Crippen molar-refractivity contribution in [3.05, 3.63) is 0 Å². The third kappa shape index (κ3) is 3.88. The summed E-state index contributed by atoms with van der Waals surface area (Å²) in [6, 6.07) is 0. The molecule has 7 heteroatoms. The molecule has 0 saturated carbocycles. The van der Waals surface area contributed by atoms with Gasteiger partial charge in [0.1, 0.15) is 0 Å². The molecule has 112 valence electrons. The molecule has 19 heavy (non-hydrogen) atoms. The van der Waals surface area contributed by atoms with E-state index < -0.39 is 10.2 Å². The van der Waals surface area contributed by atoms with Crippen LogP contribution in [0.4, 0.5) is 0 Å². The zero-order chi connectivity index (χ0) is 13.7. The van der Waals surface area contributed by atoms with E-state index in [4.69, 9.17) is 5.11 Å². The fourth-order valence-corrected chi connectivity index (χ4v) is 4.52. The minimum Gasteiger partial charge on any atom is -0.395 e. The summed E-state index contributed by atoms with van der Waals surface area (Å²) in [6.07, 6.45) is 3.93. The molecule has 0 spiro atoms. The molecule has 0 unspecified atom stereocenters. The van der Waals surface area contributed by atoms with Gasteiger partial charge in [-0.15, -0.1) is 0 Å². The Bertz CT molecular complexity index is 368. The van der Waals surface area contributed by atoms with Gasteiger partial charge in [0.25, 0.3) is 10.2 Å². The average Bonchev–Trinajstić information content (AvgIpc) is 2.66. The fourth-order valence-electron chi connectivity index (χ4n) is 2.80. The molecule has 2 aliphatic rings. The predicted molar refractivity (Wildman–Crippen MR) is 74.1 cm³/mol. The summed E-state index contributed by atoms with van der Waals surface area (Å²) in [5.74, 6) is 0. The van der Waals surface area contributed by atoms with E-state index in [-0.39, 0.29) is 6.61 Å².